The minimum absolute atomic E-state index is 0.0132. The van der Waals surface area contributed by atoms with E-state index in [1.54, 1.807) is 18.2 Å². The van der Waals surface area contributed by atoms with Gasteiger partial charge in [-0.05, 0) is 28.6 Å². The molecule has 0 heterocycles. The van der Waals surface area contributed by atoms with E-state index in [9.17, 15) is 17.6 Å². The molecule has 3 aromatic carbocycles. The first-order chi connectivity index (χ1) is 9.98. The molecule has 0 aliphatic carbocycles. The van der Waals surface area contributed by atoms with Crippen LogP contribution >= 0.6 is 0 Å². The molecule has 0 aliphatic rings. The van der Waals surface area contributed by atoms with Crippen LogP contribution in [0.15, 0.2) is 60.7 Å². The molecule has 0 bridgehead atoms. The molecule has 0 amide bonds. The zero-order valence-electron chi connectivity index (χ0n) is 10.8. The van der Waals surface area contributed by atoms with Gasteiger partial charge in [-0.15, -0.1) is 0 Å². The number of fused-ring (bicyclic) bond motifs is 1. The SMILES string of the molecule is Fc1cccc2cccc(-c3ccccc3C(F)(F)F)c12. The third-order valence-electron chi connectivity index (χ3n) is 3.38. The van der Waals surface area contributed by atoms with Crippen LogP contribution < -0.4 is 0 Å². The maximum Gasteiger partial charge on any atom is 0.417 e. The summed E-state index contributed by atoms with van der Waals surface area (Å²) in [6, 6.07) is 14.5. The molecule has 0 nitrogen and oxygen atoms in total. The Morgan fingerprint density at radius 1 is 0.667 bits per heavy atom. The van der Waals surface area contributed by atoms with Gasteiger partial charge in [0, 0.05) is 5.39 Å². The topological polar surface area (TPSA) is 0 Å². The third kappa shape index (κ3) is 2.37. The quantitative estimate of drug-likeness (QED) is 0.507. The van der Waals surface area contributed by atoms with Gasteiger partial charge in [-0.25, -0.2) is 4.39 Å². The Balaban J connectivity index is 2.37. The zero-order valence-corrected chi connectivity index (χ0v) is 10.8. The van der Waals surface area contributed by atoms with E-state index in [0.29, 0.717) is 5.39 Å². The van der Waals surface area contributed by atoms with Crippen molar-refractivity contribution >= 4 is 10.8 Å². The van der Waals surface area contributed by atoms with E-state index < -0.39 is 17.6 Å². The number of benzene rings is 3. The normalized spacial score (nSPS) is 11.8. The standard InChI is InChI=1S/C17H10F4/c18-15-10-4-6-11-5-3-8-13(16(11)15)12-7-1-2-9-14(12)17(19,20)21/h1-10H. The van der Waals surface area contributed by atoms with Crippen LogP contribution in [-0.2, 0) is 6.18 Å². The van der Waals surface area contributed by atoms with Crippen LogP contribution in [-0.4, -0.2) is 0 Å². The first-order valence-corrected chi connectivity index (χ1v) is 6.32. The Morgan fingerprint density at radius 3 is 2.00 bits per heavy atom. The van der Waals surface area contributed by atoms with Crippen molar-refractivity contribution in [3.05, 3.63) is 72.0 Å². The van der Waals surface area contributed by atoms with Gasteiger partial charge in [0.1, 0.15) is 5.82 Å². The minimum atomic E-state index is -4.48. The lowest BCUT2D eigenvalue weighted by molar-refractivity contribution is -0.137. The fraction of sp³-hybridized carbons (Fsp3) is 0.0588. The highest BCUT2D eigenvalue weighted by Crippen LogP contribution is 2.39. The van der Waals surface area contributed by atoms with E-state index >= 15 is 0 Å². The molecule has 4 heteroatoms. The second-order valence-electron chi connectivity index (χ2n) is 4.69. The number of hydrogen-bond donors (Lipinski definition) is 0. The number of rotatable bonds is 1. The van der Waals surface area contributed by atoms with E-state index in [1.807, 2.05) is 0 Å². The van der Waals surface area contributed by atoms with Gasteiger partial charge in [-0.2, -0.15) is 13.2 Å². The van der Waals surface area contributed by atoms with Crippen LogP contribution in [0.4, 0.5) is 17.6 Å². The summed E-state index contributed by atoms with van der Waals surface area (Å²) in [6.45, 7) is 0. The number of halogens is 4. The summed E-state index contributed by atoms with van der Waals surface area (Å²) in [5.41, 5.74) is -0.528. The molecule has 0 aliphatic heterocycles. The Labute approximate surface area is 118 Å². The van der Waals surface area contributed by atoms with Crippen molar-refractivity contribution in [1.82, 2.24) is 0 Å². The van der Waals surface area contributed by atoms with Gasteiger partial charge < -0.3 is 0 Å². The second-order valence-corrected chi connectivity index (χ2v) is 4.69. The maximum atomic E-state index is 14.1. The highest BCUT2D eigenvalue weighted by atomic mass is 19.4. The van der Waals surface area contributed by atoms with Gasteiger partial charge in [0.05, 0.1) is 5.56 Å². The Hall–Kier alpha value is -2.36. The number of hydrogen-bond acceptors (Lipinski definition) is 0. The summed E-state index contributed by atoms with van der Waals surface area (Å²) in [5, 5.41) is 0.779. The van der Waals surface area contributed by atoms with E-state index in [-0.39, 0.29) is 16.5 Å². The maximum absolute atomic E-state index is 14.1. The third-order valence-corrected chi connectivity index (χ3v) is 3.38. The molecule has 0 saturated carbocycles. The van der Waals surface area contributed by atoms with Crippen molar-refractivity contribution in [3.8, 4) is 11.1 Å². The number of alkyl halides is 3. The monoisotopic (exact) mass is 290 g/mol. The van der Waals surface area contributed by atoms with Crippen LogP contribution in [0.25, 0.3) is 21.9 Å². The van der Waals surface area contributed by atoms with Crippen LogP contribution in [0.2, 0.25) is 0 Å². The van der Waals surface area contributed by atoms with Crippen LogP contribution in [0.5, 0.6) is 0 Å². The zero-order chi connectivity index (χ0) is 15.0. The fourth-order valence-corrected chi connectivity index (χ4v) is 2.48. The second kappa shape index (κ2) is 4.88. The van der Waals surface area contributed by atoms with Gasteiger partial charge in [-0.3, -0.25) is 0 Å². The summed E-state index contributed by atoms with van der Waals surface area (Å²) in [5.74, 6) is -0.528. The summed E-state index contributed by atoms with van der Waals surface area (Å²) < 4.78 is 53.5. The first kappa shape index (κ1) is 13.6. The lowest BCUT2D eigenvalue weighted by atomic mass is 9.94. The van der Waals surface area contributed by atoms with Crippen molar-refractivity contribution < 1.29 is 17.6 Å². The van der Waals surface area contributed by atoms with Crippen molar-refractivity contribution in [3.63, 3.8) is 0 Å². The van der Waals surface area contributed by atoms with Gasteiger partial charge in [0.2, 0.25) is 0 Å². The smallest absolute Gasteiger partial charge is 0.206 e. The first-order valence-electron chi connectivity index (χ1n) is 6.32. The molecular formula is C17H10F4. The van der Waals surface area contributed by atoms with Crippen LogP contribution in [0.3, 0.4) is 0 Å². The molecular weight excluding hydrogens is 280 g/mol. The molecule has 0 aromatic heterocycles. The summed E-state index contributed by atoms with van der Waals surface area (Å²) in [6.07, 6.45) is -4.48. The lowest BCUT2D eigenvalue weighted by Gasteiger charge is -2.14. The fourth-order valence-electron chi connectivity index (χ4n) is 2.48. The molecule has 3 aromatic rings. The highest BCUT2D eigenvalue weighted by Gasteiger charge is 2.33. The average Bonchev–Trinajstić information content (AvgIpc) is 2.46. The van der Waals surface area contributed by atoms with Gasteiger partial charge >= 0.3 is 6.18 Å². The summed E-state index contributed by atoms with van der Waals surface area (Å²) in [7, 11) is 0. The summed E-state index contributed by atoms with van der Waals surface area (Å²) >= 11 is 0. The van der Waals surface area contributed by atoms with Crippen LogP contribution in [0.1, 0.15) is 5.56 Å². The molecule has 106 valence electrons. The molecule has 3 rings (SSSR count). The largest absolute Gasteiger partial charge is 0.417 e. The molecule has 21 heavy (non-hydrogen) atoms. The van der Waals surface area contributed by atoms with Crippen molar-refractivity contribution in [2.45, 2.75) is 6.18 Å². The van der Waals surface area contributed by atoms with Crippen LogP contribution in [0, 0.1) is 5.82 Å². The Morgan fingerprint density at radius 2 is 1.29 bits per heavy atom. The van der Waals surface area contributed by atoms with E-state index in [2.05, 4.69) is 0 Å². The predicted molar refractivity (Wildman–Crippen MR) is 74.3 cm³/mol. The van der Waals surface area contributed by atoms with Crippen molar-refractivity contribution in [2.75, 3.05) is 0 Å². The van der Waals surface area contributed by atoms with E-state index in [0.717, 1.165) is 6.07 Å². The summed E-state index contributed by atoms with van der Waals surface area (Å²) in [4.78, 5) is 0. The van der Waals surface area contributed by atoms with E-state index in [1.165, 1.54) is 36.4 Å². The van der Waals surface area contributed by atoms with E-state index in [4.69, 9.17) is 0 Å². The molecule has 0 atom stereocenters. The molecule has 0 N–H and O–H groups in total. The molecule has 0 spiro atoms. The predicted octanol–water partition coefficient (Wildman–Crippen LogP) is 5.66. The molecule has 0 fully saturated rings. The minimum Gasteiger partial charge on any atom is -0.206 e. The van der Waals surface area contributed by atoms with Crippen molar-refractivity contribution in [2.24, 2.45) is 0 Å². The average molecular weight is 290 g/mol. The molecule has 0 radical (unpaired) electrons. The molecule has 0 saturated heterocycles. The Kier molecular flexibility index (Phi) is 3.16. The van der Waals surface area contributed by atoms with Gasteiger partial charge in [0.25, 0.3) is 0 Å². The van der Waals surface area contributed by atoms with Gasteiger partial charge in [0.15, 0.2) is 0 Å². The molecule has 0 unspecified atom stereocenters. The lowest BCUT2D eigenvalue weighted by Crippen LogP contribution is -2.07. The van der Waals surface area contributed by atoms with Crippen molar-refractivity contribution in [1.29, 1.82) is 0 Å². The Bertz CT molecular complexity index is 798. The van der Waals surface area contributed by atoms with Gasteiger partial charge in [-0.1, -0.05) is 48.5 Å². The highest BCUT2D eigenvalue weighted by molar-refractivity contribution is 5.97.